The van der Waals surface area contributed by atoms with Crippen LogP contribution in [0.1, 0.15) is 0 Å². The second-order valence-corrected chi connectivity index (χ2v) is 0. The average molecular weight is 313 g/mol. The van der Waals surface area contributed by atoms with E-state index in [0.29, 0.717) is 7.18 Å². The summed E-state index contributed by atoms with van der Waals surface area (Å²) in [5.41, 5.74) is 0. The molecular formula is CH3CeFLa. The number of rotatable bonds is 0. The fraction of sp³-hybridized carbons (Fsp3) is 1.00. The van der Waals surface area contributed by atoms with Crippen LogP contribution in [0.2, 0.25) is 0 Å². The van der Waals surface area contributed by atoms with E-state index in [1.165, 1.54) is 0 Å². The van der Waals surface area contributed by atoms with E-state index in [1.807, 2.05) is 0 Å². The minimum atomic E-state index is 0. The van der Waals surface area contributed by atoms with Gasteiger partial charge in [-0.15, -0.1) is 0 Å². The van der Waals surface area contributed by atoms with E-state index < -0.39 is 0 Å². The Labute approximate surface area is 86.9 Å². The molecule has 0 aromatic rings. The Morgan fingerprint density at radius 2 is 1.25 bits per heavy atom. The van der Waals surface area contributed by atoms with Crippen molar-refractivity contribution in [2.45, 2.75) is 0 Å². The molecule has 0 heterocycles. The molecule has 0 aliphatic heterocycles. The van der Waals surface area contributed by atoms with Crippen molar-refractivity contribution in [1.29, 1.82) is 0 Å². The first kappa shape index (κ1) is 16.0. The summed E-state index contributed by atoms with van der Waals surface area (Å²) in [6.07, 6.45) is 0. The third-order valence-corrected chi connectivity index (χ3v) is 0. The number of hydrogen-bond donors (Lipinski definition) is 0. The Balaban J connectivity index is -0.00000000500. The molecule has 3 heteroatoms. The maximum absolute atomic E-state index is 9.50. The van der Waals surface area contributed by atoms with Gasteiger partial charge in [0.25, 0.3) is 0 Å². The van der Waals surface area contributed by atoms with Crippen LogP contribution in [-0.2, 0) is 0 Å². The molecule has 0 fully saturated rings. The van der Waals surface area contributed by atoms with Crippen LogP contribution in [0.25, 0.3) is 0 Å². The molecule has 0 aromatic heterocycles. The summed E-state index contributed by atoms with van der Waals surface area (Å²) < 4.78 is 9.50. The Morgan fingerprint density at radius 3 is 1.25 bits per heavy atom. The zero-order chi connectivity index (χ0) is 2.00. The molecule has 0 bridgehead atoms. The van der Waals surface area contributed by atoms with Crippen molar-refractivity contribution < 1.29 is 81.7 Å². The topological polar surface area (TPSA) is 0 Å². The van der Waals surface area contributed by atoms with Gasteiger partial charge in [-0.25, -0.2) is 0 Å². The van der Waals surface area contributed by atoms with Gasteiger partial charge in [-0.05, 0) is 0 Å². The summed E-state index contributed by atoms with van der Waals surface area (Å²) in [7, 11) is 0.500. The van der Waals surface area contributed by atoms with E-state index in [2.05, 4.69) is 0 Å². The van der Waals surface area contributed by atoms with E-state index >= 15 is 0 Å². The molecule has 4 heavy (non-hydrogen) atoms. The van der Waals surface area contributed by atoms with Gasteiger partial charge in [0.1, 0.15) is 0 Å². The van der Waals surface area contributed by atoms with Gasteiger partial charge >= 0.3 is 0 Å². The molecule has 0 N–H and O–H groups in total. The molecule has 21 valence electrons. The van der Waals surface area contributed by atoms with Crippen LogP contribution in [0, 0.1) is 77.3 Å². The molecular weight excluding hydrogens is 310 g/mol. The summed E-state index contributed by atoms with van der Waals surface area (Å²) in [6, 6.07) is 0. The van der Waals surface area contributed by atoms with Crippen LogP contribution in [0.4, 0.5) is 4.39 Å². The Bertz CT molecular complexity index is 8.00. The first-order chi connectivity index (χ1) is 1.00. The maximum Gasteiger partial charge on any atom is 0.0785 e. The molecule has 0 aliphatic carbocycles. The summed E-state index contributed by atoms with van der Waals surface area (Å²) >= 11 is 0. The zero-order valence-corrected chi connectivity index (χ0v) is 9.22. The largest absolute Gasteiger partial charge is 0.255 e. The predicted molar refractivity (Wildman–Crippen MR) is 7.03 cm³/mol. The number of hydrogen-bond acceptors (Lipinski definition) is 0. The normalized spacial score (nSPS) is 1.50. The van der Waals surface area contributed by atoms with Crippen molar-refractivity contribution >= 4 is 0 Å². The van der Waals surface area contributed by atoms with Crippen molar-refractivity contribution in [2.24, 2.45) is 0 Å². The molecule has 0 saturated heterocycles. The van der Waals surface area contributed by atoms with Crippen LogP contribution < -0.4 is 0 Å². The second-order valence-electron chi connectivity index (χ2n) is 0. The van der Waals surface area contributed by atoms with Crippen LogP contribution in [0.5, 0.6) is 0 Å². The fourth-order valence-corrected chi connectivity index (χ4v) is 0. The second kappa shape index (κ2) is 17.8. The Hall–Kier alpha value is 2.50. The fourth-order valence-electron chi connectivity index (χ4n) is 0. The molecule has 0 nitrogen and oxygen atoms in total. The van der Waals surface area contributed by atoms with E-state index in [4.69, 9.17) is 0 Å². The monoisotopic (exact) mass is 313 g/mol. The van der Waals surface area contributed by atoms with Gasteiger partial charge in [0, 0.05) is 77.3 Å². The molecule has 0 unspecified atom stereocenters. The van der Waals surface area contributed by atoms with Gasteiger partial charge in [0.15, 0.2) is 0 Å². The summed E-state index contributed by atoms with van der Waals surface area (Å²) in [5.74, 6) is 0. The van der Waals surface area contributed by atoms with Gasteiger partial charge in [-0.2, -0.15) is 0 Å². The molecule has 0 amide bonds. The summed E-state index contributed by atoms with van der Waals surface area (Å²) in [6.45, 7) is 0. The molecule has 1 radical (unpaired) electrons. The maximum atomic E-state index is 9.50. The predicted octanol–water partition coefficient (Wildman–Crippen LogP) is 0.586. The van der Waals surface area contributed by atoms with Crippen molar-refractivity contribution in [3.05, 3.63) is 0 Å². The standard InChI is InChI=1S/CH3F.Ce.La/c1-2;;/h1H3;;. The molecule has 0 aliphatic rings. The smallest absolute Gasteiger partial charge is 0.0785 e. The van der Waals surface area contributed by atoms with Crippen LogP contribution >= 0.6 is 0 Å². The summed E-state index contributed by atoms with van der Waals surface area (Å²) in [5, 5.41) is 0. The van der Waals surface area contributed by atoms with Crippen LogP contribution in [-0.4, -0.2) is 7.18 Å². The van der Waals surface area contributed by atoms with Crippen LogP contribution in [0.3, 0.4) is 0 Å². The van der Waals surface area contributed by atoms with E-state index in [9.17, 15) is 4.39 Å². The third-order valence-electron chi connectivity index (χ3n) is 0. The van der Waals surface area contributed by atoms with Gasteiger partial charge in [-0.1, -0.05) is 0 Å². The molecule has 0 rings (SSSR count). The molecule has 0 atom stereocenters. The van der Waals surface area contributed by atoms with Crippen molar-refractivity contribution in [3.63, 3.8) is 0 Å². The number of halogens is 1. The number of alkyl halides is 1. The SMILES string of the molecule is CF.[Ce].[La]. The van der Waals surface area contributed by atoms with E-state index in [-0.39, 0.29) is 77.3 Å². The molecule has 0 aromatic carbocycles. The van der Waals surface area contributed by atoms with E-state index in [0.717, 1.165) is 0 Å². The quantitative estimate of drug-likeness (QED) is 0.614. The van der Waals surface area contributed by atoms with Crippen LogP contribution in [0.15, 0.2) is 0 Å². The van der Waals surface area contributed by atoms with E-state index in [1.54, 1.807) is 0 Å². The summed E-state index contributed by atoms with van der Waals surface area (Å²) in [4.78, 5) is 0. The van der Waals surface area contributed by atoms with Gasteiger partial charge in [-0.3, -0.25) is 4.39 Å². The minimum Gasteiger partial charge on any atom is -0.255 e. The molecule has 0 saturated carbocycles. The first-order valence-corrected chi connectivity index (χ1v) is 0.378. The van der Waals surface area contributed by atoms with Crippen molar-refractivity contribution in [1.82, 2.24) is 0 Å². The zero-order valence-electron chi connectivity index (χ0n) is 2.46. The average Bonchev–Trinajstić information content (AvgIpc) is 1.00. The van der Waals surface area contributed by atoms with Gasteiger partial charge < -0.3 is 0 Å². The Morgan fingerprint density at radius 1 is 1.25 bits per heavy atom. The molecule has 0 spiro atoms. The van der Waals surface area contributed by atoms with Crippen molar-refractivity contribution in [3.8, 4) is 0 Å². The van der Waals surface area contributed by atoms with Gasteiger partial charge in [0.2, 0.25) is 0 Å². The van der Waals surface area contributed by atoms with Gasteiger partial charge in [0.05, 0.1) is 7.18 Å². The third kappa shape index (κ3) is 8.82. The minimum absolute atomic E-state index is 0. The van der Waals surface area contributed by atoms with Crippen molar-refractivity contribution in [2.75, 3.05) is 7.18 Å². The Kier molecular flexibility index (Phi) is 71.5. The first-order valence-electron chi connectivity index (χ1n) is 0.378.